The number of methoxy groups -OCH3 is 1. The molecule has 0 heterocycles. The first kappa shape index (κ1) is 19.2. The van der Waals surface area contributed by atoms with Gasteiger partial charge in [-0.05, 0) is 37.0 Å². The highest BCUT2D eigenvalue weighted by atomic mass is 35.5. The molecule has 0 amide bonds. The van der Waals surface area contributed by atoms with Crippen LogP contribution in [0.25, 0.3) is 0 Å². The minimum absolute atomic E-state index is 0.0233. The summed E-state index contributed by atoms with van der Waals surface area (Å²) in [6.07, 6.45) is 5.31. The highest BCUT2D eigenvalue weighted by Crippen LogP contribution is 2.28. The van der Waals surface area contributed by atoms with E-state index >= 15 is 0 Å². The average molecular weight is 375 g/mol. The van der Waals surface area contributed by atoms with Crippen molar-refractivity contribution in [3.05, 3.63) is 28.8 Å². The number of hydrogen-bond acceptors (Lipinski definition) is 5. The van der Waals surface area contributed by atoms with E-state index in [0.717, 1.165) is 25.7 Å². The lowest BCUT2D eigenvalue weighted by molar-refractivity contribution is 0.0600. The largest absolute Gasteiger partial charge is 0.465 e. The monoisotopic (exact) mass is 374 g/mol. The lowest BCUT2D eigenvalue weighted by Gasteiger charge is -2.30. The van der Waals surface area contributed by atoms with Gasteiger partial charge in [0, 0.05) is 12.6 Å². The molecule has 0 aliphatic heterocycles. The van der Waals surface area contributed by atoms with Crippen LogP contribution in [0.2, 0.25) is 5.02 Å². The third-order valence-corrected chi connectivity index (χ3v) is 6.39. The summed E-state index contributed by atoms with van der Waals surface area (Å²) in [7, 11) is -2.57. The fourth-order valence-corrected chi connectivity index (χ4v) is 4.96. The van der Waals surface area contributed by atoms with Crippen LogP contribution in [0, 0.1) is 5.92 Å². The molecule has 1 saturated carbocycles. The van der Waals surface area contributed by atoms with Crippen molar-refractivity contribution in [1.82, 2.24) is 4.72 Å². The zero-order chi connectivity index (χ0) is 17.7. The number of carbonyl (C=O) groups is 1. The van der Waals surface area contributed by atoms with Crippen molar-refractivity contribution in [2.24, 2.45) is 11.7 Å². The molecule has 0 spiro atoms. The van der Waals surface area contributed by atoms with E-state index in [4.69, 9.17) is 17.3 Å². The highest BCUT2D eigenvalue weighted by Gasteiger charge is 2.28. The van der Waals surface area contributed by atoms with E-state index in [9.17, 15) is 13.2 Å². The lowest BCUT2D eigenvalue weighted by Crippen LogP contribution is -2.45. The average Bonchev–Trinajstić information content (AvgIpc) is 2.59. The maximum atomic E-state index is 12.6. The molecule has 1 aromatic rings. The SMILES string of the molecule is COC(=O)c1ccc(S(=O)(=O)NC(CN)C2CCCCC2)c(Cl)c1. The topological polar surface area (TPSA) is 98.5 Å². The lowest BCUT2D eigenvalue weighted by atomic mass is 9.84. The van der Waals surface area contributed by atoms with E-state index in [0.29, 0.717) is 0 Å². The number of carbonyl (C=O) groups excluding carboxylic acids is 1. The van der Waals surface area contributed by atoms with Gasteiger partial charge in [-0.3, -0.25) is 0 Å². The first-order chi connectivity index (χ1) is 11.4. The Balaban J connectivity index is 2.21. The van der Waals surface area contributed by atoms with Crippen LogP contribution in [-0.2, 0) is 14.8 Å². The zero-order valence-electron chi connectivity index (χ0n) is 13.6. The molecule has 3 N–H and O–H groups in total. The molecule has 0 aromatic heterocycles. The molecule has 1 fully saturated rings. The van der Waals surface area contributed by atoms with E-state index in [1.165, 1.54) is 31.7 Å². The summed E-state index contributed by atoms with van der Waals surface area (Å²) in [6.45, 7) is 0.238. The van der Waals surface area contributed by atoms with Gasteiger partial charge in [-0.1, -0.05) is 30.9 Å². The minimum atomic E-state index is -3.81. The molecular formula is C16H23ClN2O4S. The van der Waals surface area contributed by atoms with Gasteiger partial charge >= 0.3 is 5.97 Å². The van der Waals surface area contributed by atoms with E-state index < -0.39 is 16.0 Å². The van der Waals surface area contributed by atoms with Gasteiger partial charge in [0.1, 0.15) is 4.90 Å². The van der Waals surface area contributed by atoms with Crippen LogP contribution in [0.1, 0.15) is 42.5 Å². The second kappa shape index (κ2) is 8.29. The summed E-state index contributed by atoms with van der Waals surface area (Å²) >= 11 is 6.07. The smallest absolute Gasteiger partial charge is 0.337 e. The first-order valence-electron chi connectivity index (χ1n) is 7.99. The molecule has 0 saturated heterocycles. The Bertz CT molecular complexity index is 687. The van der Waals surface area contributed by atoms with Gasteiger partial charge in [-0.25, -0.2) is 17.9 Å². The Morgan fingerprint density at radius 1 is 1.38 bits per heavy atom. The first-order valence-corrected chi connectivity index (χ1v) is 9.85. The summed E-state index contributed by atoms with van der Waals surface area (Å²) < 4.78 is 32.6. The van der Waals surface area contributed by atoms with Crippen molar-refractivity contribution in [2.45, 2.75) is 43.0 Å². The van der Waals surface area contributed by atoms with E-state index in [1.54, 1.807) is 0 Å². The van der Waals surface area contributed by atoms with Crippen molar-refractivity contribution < 1.29 is 17.9 Å². The molecular weight excluding hydrogens is 352 g/mol. The second-order valence-electron chi connectivity index (χ2n) is 6.00. The Kier molecular flexibility index (Phi) is 6.62. The molecule has 8 heteroatoms. The van der Waals surface area contributed by atoms with Gasteiger partial charge in [0.2, 0.25) is 10.0 Å². The Morgan fingerprint density at radius 3 is 2.58 bits per heavy atom. The number of esters is 1. The van der Waals surface area contributed by atoms with E-state index in [1.807, 2.05) is 0 Å². The fourth-order valence-electron chi connectivity index (χ4n) is 3.10. The number of ether oxygens (including phenoxy) is 1. The standard InChI is InChI=1S/C16H23ClN2O4S/c1-23-16(20)12-7-8-15(13(17)9-12)24(21,22)19-14(10-18)11-5-3-2-4-6-11/h7-9,11,14,19H,2-6,10,18H2,1H3. The van der Waals surface area contributed by atoms with Gasteiger partial charge in [0.25, 0.3) is 0 Å². The normalized spacial score (nSPS) is 17.5. The molecule has 1 aliphatic rings. The van der Waals surface area contributed by atoms with Crippen LogP contribution in [0.4, 0.5) is 0 Å². The highest BCUT2D eigenvalue weighted by molar-refractivity contribution is 7.89. The number of hydrogen-bond donors (Lipinski definition) is 2. The molecule has 1 atom stereocenters. The zero-order valence-corrected chi connectivity index (χ0v) is 15.2. The van der Waals surface area contributed by atoms with Crippen molar-refractivity contribution in [2.75, 3.05) is 13.7 Å². The molecule has 134 valence electrons. The minimum Gasteiger partial charge on any atom is -0.465 e. The van der Waals surface area contributed by atoms with Crippen molar-refractivity contribution in [3.63, 3.8) is 0 Å². The summed E-state index contributed by atoms with van der Waals surface area (Å²) in [5.41, 5.74) is 5.99. The number of benzene rings is 1. The number of halogens is 1. The molecule has 1 aromatic carbocycles. The number of sulfonamides is 1. The summed E-state index contributed by atoms with van der Waals surface area (Å²) in [4.78, 5) is 11.4. The maximum absolute atomic E-state index is 12.6. The Labute approximate surface area is 147 Å². The summed E-state index contributed by atoms with van der Waals surface area (Å²) in [5, 5.41) is -0.0233. The van der Waals surface area contributed by atoms with Crippen LogP contribution in [0.15, 0.2) is 23.1 Å². The Morgan fingerprint density at radius 2 is 2.04 bits per heavy atom. The van der Waals surface area contributed by atoms with Crippen molar-refractivity contribution in [1.29, 1.82) is 0 Å². The molecule has 1 aliphatic carbocycles. The van der Waals surface area contributed by atoms with Crippen molar-refractivity contribution >= 4 is 27.6 Å². The molecule has 0 radical (unpaired) electrons. The number of nitrogens with two attached hydrogens (primary N) is 1. The molecule has 2 rings (SSSR count). The fraction of sp³-hybridized carbons (Fsp3) is 0.562. The van der Waals surface area contributed by atoms with Gasteiger partial charge in [0.05, 0.1) is 17.7 Å². The third kappa shape index (κ3) is 4.47. The maximum Gasteiger partial charge on any atom is 0.337 e. The molecule has 1 unspecified atom stereocenters. The number of rotatable bonds is 6. The molecule has 24 heavy (non-hydrogen) atoms. The molecule has 0 bridgehead atoms. The quantitative estimate of drug-likeness (QED) is 0.744. The third-order valence-electron chi connectivity index (χ3n) is 4.42. The van der Waals surface area contributed by atoms with Crippen LogP contribution >= 0.6 is 11.6 Å². The predicted octanol–water partition coefficient (Wildman–Crippen LogP) is 2.31. The molecule has 6 nitrogen and oxygen atoms in total. The van der Waals surface area contributed by atoms with E-state index in [-0.39, 0.29) is 34.0 Å². The summed E-state index contributed by atoms with van der Waals surface area (Å²) in [5.74, 6) is -0.331. The van der Waals surface area contributed by atoms with Crippen molar-refractivity contribution in [3.8, 4) is 0 Å². The summed E-state index contributed by atoms with van der Waals surface area (Å²) in [6, 6.07) is 3.67. The Hall–Kier alpha value is -1.15. The van der Waals surface area contributed by atoms with Crippen LogP contribution in [0.5, 0.6) is 0 Å². The van der Waals surface area contributed by atoms with Crippen LogP contribution in [0.3, 0.4) is 0 Å². The van der Waals surface area contributed by atoms with Crippen LogP contribution in [-0.4, -0.2) is 34.1 Å². The van der Waals surface area contributed by atoms with Gasteiger partial charge < -0.3 is 10.5 Å². The van der Waals surface area contributed by atoms with Gasteiger partial charge in [-0.15, -0.1) is 0 Å². The van der Waals surface area contributed by atoms with Gasteiger partial charge in [0.15, 0.2) is 0 Å². The van der Waals surface area contributed by atoms with Crippen LogP contribution < -0.4 is 10.5 Å². The number of nitrogens with one attached hydrogen (secondary N) is 1. The van der Waals surface area contributed by atoms with E-state index in [2.05, 4.69) is 9.46 Å². The van der Waals surface area contributed by atoms with Gasteiger partial charge in [-0.2, -0.15) is 0 Å². The predicted molar refractivity (Wildman–Crippen MR) is 92.5 cm³/mol. The second-order valence-corrected chi connectivity index (χ2v) is 8.09.